The fourth-order valence-electron chi connectivity index (χ4n) is 2.60. The van der Waals surface area contributed by atoms with Crippen molar-refractivity contribution < 1.29 is 13.2 Å². The van der Waals surface area contributed by atoms with Gasteiger partial charge in [-0.3, -0.25) is 9.10 Å². The number of nitrogens with one attached hydrogen (secondary N) is 1. The first-order chi connectivity index (χ1) is 13.8. The topological polar surface area (TPSA) is 66.5 Å². The summed E-state index contributed by atoms with van der Waals surface area (Å²) in [5.41, 5.74) is 0.688. The van der Waals surface area contributed by atoms with Crippen molar-refractivity contribution in [3.63, 3.8) is 0 Å². The lowest BCUT2D eigenvalue weighted by atomic mass is 10.3. The van der Waals surface area contributed by atoms with Gasteiger partial charge in [0.25, 0.3) is 10.0 Å². The van der Waals surface area contributed by atoms with Crippen molar-refractivity contribution in [2.45, 2.75) is 4.90 Å². The second kappa shape index (κ2) is 9.17. The SMILES string of the molecule is O=C(CN(c1ccc(Cl)cc1Cl)S(=O)(=O)c1ccccc1)Nc1cccc(Br)c1. The lowest BCUT2D eigenvalue weighted by Gasteiger charge is -2.25. The minimum Gasteiger partial charge on any atom is -0.324 e. The van der Waals surface area contributed by atoms with Crippen LogP contribution < -0.4 is 9.62 Å². The van der Waals surface area contributed by atoms with Gasteiger partial charge in [0.15, 0.2) is 0 Å². The van der Waals surface area contributed by atoms with Crippen LogP contribution >= 0.6 is 39.1 Å². The zero-order valence-corrected chi connectivity index (χ0v) is 18.8. The predicted octanol–water partition coefficient (Wildman–Crippen LogP) is 5.59. The number of amides is 1. The highest BCUT2D eigenvalue weighted by Crippen LogP contribution is 2.32. The second-order valence-corrected chi connectivity index (χ2v) is 9.60. The van der Waals surface area contributed by atoms with E-state index in [0.29, 0.717) is 10.7 Å². The number of hydrogen-bond acceptors (Lipinski definition) is 3. The molecule has 0 fully saturated rings. The molecule has 1 amide bonds. The molecule has 3 aromatic carbocycles. The summed E-state index contributed by atoms with van der Waals surface area (Å²) in [7, 11) is -4.05. The molecule has 150 valence electrons. The van der Waals surface area contributed by atoms with Gasteiger partial charge in [0.1, 0.15) is 6.54 Å². The Kier molecular flexibility index (Phi) is 6.85. The Morgan fingerprint density at radius 2 is 1.69 bits per heavy atom. The van der Waals surface area contributed by atoms with Crippen molar-refractivity contribution in [3.05, 3.63) is 87.3 Å². The van der Waals surface area contributed by atoms with Crippen LogP contribution in [0.3, 0.4) is 0 Å². The number of nitrogens with zero attached hydrogens (tertiary/aromatic N) is 1. The minimum atomic E-state index is -4.05. The van der Waals surface area contributed by atoms with E-state index in [1.165, 1.54) is 30.3 Å². The van der Waals surface area contributed by atoms with E-state index in [1.54, 1.807) is 36.4 Å². The molecule has 0 radical (unpaired) electrons. The van der Waals surface area contributed by atoms with Crippen molar-refractivity contribution in [1.82, 2.24) is 0 Å². The van der Waals surface area contributed by atoms with Crippen LogP contribution in [0.2, 0.25) is 10.0 Å². The first-order valence-electron chi connectivity index (χ1n) is 8.35. The summed E-state index contributed by atoms with van der Waals surface area (Å²) in [4.78, 5) is 12.7. The van der Waals surface area contributed by atoms with Gasteiger partial charge in [0, 0.05) is 15.2 Å². The van der Waals surface area contributed by atoms with Crippen molar-refractivity contribution in [3.8, 4) is 0 Å². The summed E-state index contributed by atoms with van der Waals surface area (Å²) in [6.45, 7) is -0.467. The van der Waals surface area contributed by atoms with Crippen LogP contribution in [0.4, 0.5) is 11.4 Å². The molecule has 29 heavy (non-hydrogen) atoms. The predicted molar refractivity (Wildman–Crippen MR) is 120 cm³/mol. The van der Waals surface area contributed by atoms with Crippen molar-refractivity contribution in [1.29, 1.82) is 0 Å². The van der Waals surface area contributed by atoms with Gasteiger partial charge in [-0.25, -0.2) is 8.42 Å². The zero-order chi connectivity index (χ0) is 21.0. The number of carbonyl (C=O) groups is 1. The molecule has 0 spiro atoms. The van der Waals surface area contributed by atoms with Gasteiger partial charge in [-0.2, -0.15) is 0 Å². The van der Waals surface area contributed by atoms with Crippen LogP contribution in [0, 0.1) is 0 Å². The van der Waals surface area contributed by atoms with E-state index in [-0.39, 0.29) is 15.6 Å². The summed E-state index contributed by atoms with van der Waals surface area (Å²) in [6.07, 6.45) is 0. The maximum Gasteiger partial charge on any atom is 0.264 e. The van der Waals surface area contributed by atoms with Gasteiger partial charge >= 0.3 is 0 Å². The normalized spacial score (nSPS) is 11.1. The van der Waals surface area contributed by atoms with Gasteiger partial charge in [-0.1, -0.05) is 63.4 Å². The molecule has 5 nitrogen and oxygen atoms in total. The summed E-state index contributed by atoms with van der Waals surface area (Å²) in [5, 5.41) is 3.17. The first-order valence-corrected chi connectivity index (χ1v) is 11.3. The van der Waals surface area contributed by atoms with Gasteiger partial charge in [0.2, 0.25) is 5.91 Å². The molecule has 0 aliphatic rings. The lowest BCUT2D eigenvalue weighted by molar-refractivity contribution is -0.114. The Bertz CT molecular complexity index is 1140. The molecule has 0 aliphatic heterocycles. The number of hydrogen-bond donors (Lipinski definition) is 1. The van der Waals surface area contributed by atoms with E-state index in [4.69, 9.17) is 23.2 Å². The van der Waals surface area contributed by atoms with E-state index < -0.39 is 22.5 Å². The quantitative estimate of drug-likeness (QED) is 0.467. The van der Waals surface area contributed by atoms with E-state index in [2.05, 4.69) is 21.2 Å². The van der Waals surface area contributed by atoms with Crippen molar-refractivity contribution >= 4 is 66.4 Å². The second-order valence-electron chi connectivity index (χ2n) is 5.98. The number of benzene rings is 3. The van der Waals surface area contributed by atoms with Crippen LogP contribution in [-0.4, -0.2) is 20.9 Å². The number of sulfonamides is 1. The molecule has 0 saturated heterocycles. The average molecular weight is 514 g/mol. The monoisotopic (exact) mass is 512 g/mol. The van der Waals surface area contributed by atoms with Crippen LogP contribution in [-0.2, 0) is 14.8 Å². The highest BCUT2D eigenvalue weighted by atomic mass is 79.9. The van der Waals surface area contributed by atoms with E-state index in [0.717, 1.165) is 8.78 Å². The third-order valence-corrected chi connectivity index (χ3v) is 6.71. The Morgan fingerprint density at radius 1 is 0.966 bits per heavy atom. The molecule has 1 N–H and O–H groups in total. The molecular weight excluding hydrogens is 499 g/mol. The van der Waals surface area contributed by atoms with Gasteiger partial charge in [-0.15, -0.1) is 0 Å². The molecule has 9 heteroatoms. The Balaban J connectivity index is 1.98. The number of rotatable bonds is 6. The van der Waals surface area contributed by atoms with Crippen molar-refractivity contribution in [2.75, 3.05) is 16.2 Å². The summed E-state index contributed by atoms with van der Waals surface area (Å²) in [5.74, 6) is -0.520. The largest absolute Gasteiger partial charge is 0.324 e. The Morgan fingerprint density at radius 3 is 2.34 bits per heavy atom. The molecule has 3 aromatic rings. The van der Waals surface area contributed by atoms with Crippen LogP contribution in [0.1, 0.15) is 0 Å². The van der Waals surface area contributed by atoms with E-state index in [1.807, 2.05) is 6.07 Å². The van der Waals surface area contributed by atoms with Crippen LogP contribution in [0.15, 0.2) is 82.2 Å². The molecule has 0 aliphatic carbocycles. The average Bonchev–Trinajstić information content (AvgIpc) is 2.67. The molecule has 0 unspecified atom stereocenters. The van der Waals surface area contributed by atoms with Gasteiger partial charge in [-0.05, 0) is 48.5 Å². The van der Waals surface area contributed by atoms with Gasteiger partial charge < -0.3 is 5.32 Å². The third-order valence-electron chi connectivity index (χ3n) is 3.91. The maximum atomic E-state index is 13.3. The molecule has 3 rings (SSSR count). The van der Waals surface area contributed by atoms with E-state index in [9.17, 15) is 13.2 Å². The zero-order valence-electron chi connectivity index (χ0n) is 14.8. The highest BCUT2D eigenvalue weighted by Gasteiger charge is 2.28. The highest BCUT2D eigenvalue weighted by molar-refractivity contribution is 9.10. The first kappa shape index (κ1) is 21.6. The molecule has 0 atom stereocenters. The fourth-order valence-corrected chi connectivity index (χ4v) is 5.02. The van der Waals surface area contributed by atoms with E-state index >= 15 is 0 Å². The van der Waals surface area contributed by atoms with Gasteiger partial charge in [0.05, 0.1) is 15.6 Å². The molecule has 0 aromatic heterocycles. The molecule has 0 heterocycles. The van der Waals surface area contributed by atoms with Crippen LogP contribution in [0.25, 0.3) is 0 Å². The maximum absolute atomic E-state index is 13.3. The van der Waals surface area contributed by atoms with Crippen LogP contribution in [0.5, 0.6) is 0 Å². The Hall–Kier alpha value is -2.06. The summed E-state index contributed by atoms with van der Waals surface area (Å²) < 4.78 is 28.3. The minimum absolute atomic E-state index is 0.0428. The lowest BCUT2D eigenvalue weighted by Crippen LogP contribution is -2.38. The summed E-state index contributed by atoms with van der Waals surface area (Å²) >= 11 is 15.5. The van der Waals surface area contributed by atoms with Crippen molar-refractivity contribution in [2.24, 2.45) is 0 Å². The number of anilines is 2. The smallest absolute Gasteiger partial charge is 0.264 e. The Labute approximate surface area is 187 Å². The third kappa shape index (κ3) is 5.30. The molecule has 0 bridgehead atoms. The number of halogens is 3. The number of carbonyl (C=O) groups excluding carboxylic acids is 1. The molecule has 0 saturated carbocycles. The summed E-state index contributed by atoms with van der Waals surface area (Å²) in [6, 6.07) is 19.2. The molecular formula is C20H15BrCl2N2O3S. The standard InChI is InChI=1S/C20H15BrCl2N2O3S/c21-14-5-4-6-16(11-14)24-20(26)13-25(19-10-9-15(22)12-18(19)23)29(27,28)17-7-2-1-3-8-17/h1-12H,13H2,(H,24,26). The fraction of sp³-hybridized carbons (Fsp3) is 0.0500.